The highest BCUT2D eigenvalue weighted by Crippen LogP contribution is 2.40. The van der Waals surface area contributed by atoms with Crippen molar-refractivity contribution in [2.45, 2.75) is 25.7 Å². The molecular weight excluding hydrogens is 380 g/mol. The molecule has 1 aliphatic carbocycles. The topological polar surface area (TPSA) is 54.6 Å². The minimum atomic E-state index is 0.583. The maximum Gasteiger partial charge on any atom is 0.161 e. The molecule has 4 nitrogen and oxygen atoms in total. The fourth-order valence-electron chi connectivity index (χ4n) is 3.54. The van der Waals surface area contributed by atoms with E-state index < -0.39 is 0 Å². The van der Waals surface area contributed by atoms with Crippen LogP contribution in [0.2, 0.25) is 0 Å². The molecular formula is C24H22N2O2S. The Labute approximate surface area is 175 Å². The fraction of sp³-hybridized carbons (Fsp3) is 0.250. The van der Waals surface area contributed by atoms with Crippen molar-refractivity contribution in [1.82, 2.24) is 0 Å². The van der Waals surface area contributed by atoms with Gasteiger partial charge in [0, 0.05) is 17.5 Å². The van der Waals surface area contributed by atoms with Crippen LogP contribution < -0.4 is 9.47 Å². The smallest absolute Gasteiger partial charge is 0.161 e. The Kier molecular flexibility index (Phi) is 5.92. The van der Waals surface area contributed by atoms with E-state index in [1.807, 2.05) is 36.4 Å². The summed E-state index contributed by atoms with van der Waals surface area (Å²) in [7, 11) is 1.64. The Hall–Kier alpha value is -3.10. The summed E-state index contributed by atoms with van der Waals surface area (Å²) in [4.78, 5) is 5.91. The second kappa shape index (κ2) is 8.93. The molecule has 0 saturated carbocycles. The van der Waals surface area contributed by atoms with E-state index in [9.17, 15) is 5.26 Å². The van der Waals surface area contributed by atoms with Gasteiger partial charge in [-0.2, -0.15) is 5.26 Å². The van der Waals surface area contributed by atoms with E-state index in [1.54, 1.807) is 24.7 Å². The molecule has 2 aromatic carbocycles. The van der Waals surface area contributed by atoms with Crippen molar-refractivity contribution in [1.29, 1.82) is 5.26 Å². The molecule has 0 atom stereocenters. The van der Waals surface area contributed by atoms with Crippen LogP contribution in [0.5, 0.6) is 11.5 Å². The lowest BCUT2D eigenvalue weighted by atomic mass is 10.1. The van der Waals surface area contributed by atoms with Gasteiger partial charge >= 0.3 is 0 Å². The fourth-order valence-corrected chi connectivity index (χ4v) is 4.72. The Balaban J connectivity index is 1.45. The number of aryl methyl sites for hydroxylation is 1. The number of methoxy groups -OCH3 is 1. The average molecular weight is 403 g/mol. The van der Waals surface area contributed by atoms with Crippen molar-refractivity contribution in [3.8, 4) is 17.6 Å². The Morgan fingerprint density at radius 3 is 2.79 bits per heavy atom. The minimum absolute atomic E-state index is 0.583. The molecule has 0 amide bonds. The minimum Gasteiger partial charge on any atom is -0.493 e. The maximum absolute atomic E-state index is 9.50. The number of fused-ring (bicyclic) bond motifs is 1. The molecule has 1 aliphatic rings. The Morgan fingerprint density at radius 1 is 1.14 bits per heavy atom. The highest BCUT2D eigenvalue weighted by molar-refractivity contribution is 7.16. The highest BCUT2D eigenvalue weighted by atomic mass is 32.1. The van der Waals surface area contributed by atoms with E-state index in [2.05, 4.69) is 23.2 Å². The molecule has 1 aromatic heterocycles. The zero-order valence-corrected chi connectivity index (χ0v) is 17.2. The highest BCUT2D eigenvalue weighted by Gasteiger charge is 2.21. The first-order valence-electron chi connectivity index (χ1n) is 9.72. The summed E-state index contributed by atoms with van der Waals surface area (Å²) in [6, 6.07) is 18.4. The van der Waals surface area contributed by atoms with Crippen LogP contribution in [0.25, 0.3) is 0 Å². The van der Waals surface area contributed by atoms with Crippen LogP contribution in [-0.2, 0) is 19.3 Å². The van der Waals surface area contributed by atoms with Gasteiger partial charge in [0.2, 0.25) is 0 Å². The number of hydrogen-bond acceptors (Lipinski definition) is 5. The second-order valence-corrected chi connectivity index (χ2v) is 7.99. The van der Waals surface area contributed by atoms with Gasteiger partial charge in [0.05, 0.1) is 19.3 Å². The summed E-state index contributed by atoms with van der Waals surface area (Å²) in [6.45, 7) is 0.583. The zero-order chi connectivity index (χ0) is 20.1. The number of nitriles is 1. The monoisotopic (exact) mass is 402 g/mol. The van der Waals surface area contributed by atoms with Crippen LogP contribution in [0, 0.1) is 11.3 Å². The lowest BCUT2D eigenvalue weighted by Gasteiger charge is -2.11. The molecule has 0 bridgehead atoms. The van der Waals surface area contributed by atoms with Crippen LogP contribution in [0.1, 0.15) is 33.6 Å². The van der Waals surface area contributed by atoms with Crippen molar-refractivity contribution in [3.63, 3.8) is 0 Å². The van der Waals surface area contributed by atoms with Gasteiger partial charge in [0.1, 0.15) is 11.1 Å². The molecule has 5 heteroatoms. The largest absolute Gasteiger partial charge is 0.493 e. The molecule has 0 saturated heterocycles. The lowest BCUT2D eigenvalue weighted by molar-refractivity contribution is 0.297. The molecule has 146 valence electrons. The summed E-state index contributed by atoms with van der Waals surface area (Å²) in [6.07, 6.45) is 5.83. The van der Waals surface area contributed by atoms with Crippen molar-refractivity contribution >= 4 is 22.6 Å². The number of aliphatic imine (C=N–C) groups is 1. The predicted octanol–water partition coefficient (Wildman–Crippen LogP) is 5.49. The number of benzene rings is 2. The van der Waals surface area contributed by atoms with E-state index >= 15 is 0 Å². The van der Waals surface area contributed by atoms with Crippen molar-refractivity contribution in [2.75, 3.05) is 13.7 Å². The standard InChI is InChI=1S/C24H22N2O2S/c1-27-22-14-18(10-11-21(22)28-13-12-17-6-3-2-4-7-17)16-26-24-20(15-25)19-8-5-9-23(19)29-24/h2-4,6-7,10-11,14,16H,5,8-9,12-13H2,1H3/b26-16+. The first kappa shape index (κ1) is 19.2. The van der Waals surface area contributed by atoms with Gasteiger partial charge in [-0.3, -0.25) is 0 Å². The lowest BCUT2D eigenvalue weighted by Crippen LogP contribution is -2.03. The van der Waals surface area contributed by atoms with E-state index in [0.717, 1.165) is 41.8 Å². The molecule has 3 aromatic rings. The zero-order valence-electron chi connectivity index (χ0n) is 16.4. The number of hydrogen-bond donors (Lipinski definition) is 0. The Bertz CT molecular complexity index is 1060. The van der Waals surface area contributed by atoms with Crippen LogP contribution in [0.3, 0.4) is 0 Å². The predicted molar refractivity (Wildman–Crippen MR) is 117 cm³/mol. The summed E-state index contributed by atoms with van der Waals surface area (Å²) < 4.78 is 11.4. The summed E-state index contributed by atoms with van der Waals surface area (Å²) in [5.74, 6) is 1.39. The van der Waals surface area contributed by atoms with Gasteiger partial charge in [0.25, 0.3) is 0 Å². The average Bonchev–Trinajstić information content (AvgIpc) is 3.34. The van der Waals surface area contributed by atoms with Crippen LogP contribution in [-0.4, -0.2) is 19.9 Å². The number of nitrogens with zero attached hydrogens (tertiary/aromatic N) is 2. The van der Waals surface area contributed by atoms with Crippen LogP contribution in [0.4, 0.5) is 5.00 Å². The maximum atomic E-state index is 9.50. The van der Waals surface area contributed by atoms with Gasteiger partial charge in [-0.1, -0.05) is 30.3 Å². The first-order valence-corrected chi connectivity index (χ1v) is 10.5. The molecule has 0 fully saturated rings. The third-order valence-electron chi connectivity index (χ3n) is 5.02. The molecule has 0 radical (unpaired) electrons. The second-order valence-electron chi connectivity index (χ2n) is 6.90. The Morgan fingerprint density at radius 2 is 2.00 bits per heavy atom. The van der Waals surface area contributed by atoms with E-state index in [0.29, 0.717) is 18.1 Å². The normalized spacial score (nSPS) is 12.7. The van der Waals surface area contributed by atoms with Gasteiger partial charge in [-0.15, -0.1) is 11.3 Å². The van der Waals surface area contributed by atoms with E-state index in [4.69, 9.17) is 9.47 Å². The third-order valence-corrected chi connectivity index (χ3v) is 6.22. The van der Waals surface area contributed by atoms with E-state index in [-0.39, 0.29) is 0 Å². The molecule has 0 unspecified atom stereocenters. The molecule has 0 N–H and O–H groups in total. The van der Waals surface area contributed by atoms with Crippen molar-refractivity contribution in [2.24, 2.45) is 4.99 Å². The number of rotatable bonds is 7. The van der Waals surface area contributed by atoms with E-state index in [1.165, 1.54) is 16.0 Å². The summed E-state index contributed by atoms with van der Waals surface area (Å²) in [5, 5.41) is 10.3. The van der Waals surface area contributed by atoms with Gasteiger partial charge < -0.3 is 9.47 Å². The van der Waals surface area contributed by atoms with Crippen molar-refractivity contribution in [3.05, 3.63) is 75.7 Å². The van der Waals surface area contributed by atoms with Crippen LogP contribution in [0.15, 0.2) is 53.5 Å². The molecule has 1 heterocycles. The summed E-state index contributed by atoms with van der Waals surface area (Å²) >= 11 is 1.64. The van der Waals surface area contributed by atoms with Gasteiger partial charge in [0.15, 0.2) is 11.5 Å². The molecule has 4 rings (SSSR count). The summed E-state index contributed by atoms with van der Waals surface area (Å²) in [5.41, 5.74) is 4.09. The number of ether oxygens (including phenoxy) is 2. The van der Waals surface area contributed by atoms with Gasteiger partial charge in [-0.25, -0.2) is 4.99 Å². The van der Waals surface area contributed by atoms with Crippen molar-refractivity contribution < 1.29 is 9.47 Å². The SMILES string of the molecule is COc1cc(/C=N/c2sc3c(c2C#N)CCC3)ccc1OCCc1ccccc1. The molecule has 29 heavy (non-hydrogen) atoms. The number of thiophene rings is 1. The van der Waals surface area contributed by atoms with Crippen LogP contribution >= 0.6 is 11.3 Å². The van der Waals surface area contributed by atoms with Gasteiger partial charge in [-0.05, 0) is 54.2 Å². The third kappa shape index (κ3) is 4.33. The molecule has 0 aliphatic heterocycles. The quantitative estimate of drug-likeness (QED) is 0.491. The molecule has 0 spiro atoms. The first-order chi connectivity index (χ1) is 14.3.